The maximum atomic E-state index is 12.2. The van der Waals surface area contributed by atoms with Crippen LogP contribution in [0.5, 0.6) is 0 Å². The lowest BCUT2D eigenvalue weighted by atomic mass is 10.2. The Kier molecular flexibility index (Phi) is 5.56. The molecular weight excluding hydrogens is 348 g/mol. The third-order valence-corrected chi connectivity index (χ3v) is 4.26. The molecule has 0 atom stereocenters. The standard InChI is InChI=1S/C19H16N4O2S/c1-26-18-16(12-20)17(23(22-18)15-10-6-3-7-11-15)21-19(24)25-13-14-8-4-2-5-9-14/h2-11H,13H2,1H3,(H,21,24). The highest BCUT2D eigenvalue weighted by molar-refractivity contribution is 7.98. The van der Waals surface area contributed by atoms with Crippen LogP contribution in [-0.2, 0) is 11.3 Å². The van der Waals surface area contributed by atoms with Gasteiger partial charge in [-0.2, -0.15) is 10.4 Å². The van der Waals surface area contributed by atoms with Gasteiger partial charge < -0.3 is 4.74 Å². The zero-order valence-electron chi connectivity index (χ0n) is 14.0. The molecule has 130 valence electrons. The van der Waals surface area contributed by atoms with Gasteiger partial charge in [-0.05, 0) is 24.0 Å². The van der Waals surface area contributed by atoms with Crippen molar-refractivity contribution in [2.24, 2.45) is 0 Å². The van der Waals surface area contributed by atoms with Crippen molar-refractivity contribution in [3.8, 4) is 11.8 Å². The van der Waals surface area contributed by atoms with Crippen molar-refractivity contribution in [2.45, 2.75) is 11.6 Å². The van der Waals surface area contributed by atoms with Gasteiger partial charge >= 0.3 is 6.09 Å². The molecule has 3 aromatic rings. The van der Waals surface area contributed by atoms with Crippen LogP contribution in [0.25, 0.3) is 5.69 Å². The second-order valence-electron chi connectivity index (χ2n) is 5.28. The van der Waals surface area contributed by atoms with Crippen molar-refractivity contribution in [2.75, 3.05) is 11.6 Å². The van der Waals surface area contributed by atoms with Crippen molar-refractivity contribution < 1.29 is 9.53 Å². The molecule has 0 saturated heterocycles. The van der Waals surface area contributed by atoms with Gasteiger partial charge in [0, 0.05) is 0 Å². The van der Waals surface area contributed by atoms with Gasteiger partial charge in [0.15, 0.2) is 5.82 Å². The first kappa shape index (κ1) is 17.6. The molecule has 7 heteroatoms. The molecule has 0 aliphatic heterocycles. The minimum Gasteiger partial charge on any atom is -0.444 e. The topological polar surface area (TPSA) is 79.9 Å². The summed E-state index contributed by atoms with van der Waals surface area (Å²) >= 11 is 1.34. The lowest BCUT2D eigenvalue weighted by Crippen LogP contribution is -2.17. The Morgan fingerprint density at radius 2 is 1.85 bits per heavy atom. The third-order valence-electron chi connectivity index (χ3n) is 3.59. The Morgan fingerprint density at radius 3 is 2.46 bits per heavy atom. The number of rotatable bonds is 5. The number of nitrogens with one attached hydrogen (secondary N) is 1. The summed E-state index contributed by atoms with van der Waals surface area (Å²) in [5.41, 5.74) is 1.92. The van der Waals surface area contributed by atoms with E-state index in [1.54, 1.807) is 0 Å². The molecule has 1 amide bonds. The Bertz CT molecular complexity index is 933. The Hall–Kier alpha value is -3.24. The van der Waals surface area contributed by atoms with Gasteiger partial charge in [0.1, 0.15) is 23.3 Å². The van der Waals surface area contributed by atoms with Gasteiger partial charge in [-0.25, -0.2) is 9.48 Å². The summed E-state index contributed by atoms with van der Waals surface area (Å²) in [6.07, 6.45) is 1.19. The Morgan fingerprint density at radius 1 is 1.19 bits per heavy atom. The minimum absolute atomic E-state index is 0.142. The van der Waals surface area contributed by atoms with Crippen molar-refractivity contribution in [1.82, 2.24) is 9.78 Å². The molecule has 6 nitrogen and oxygen atoms in total. The van der Waals surface area contributed by atoms with Crippen LogP contribution in [0.15, 0.2) is 65.7 Å². The monoisotopic (exact) mass is 364 g/mol. The van der Waals surface area contributed by atoms with Gasteiger partial charge in [-0.1, -0.05) is 48.5 Å². The SMILES string of the molecule is CSc1nn(-c2ccccc2)c(NC(=O)OCc2ccccc2)c1C#N. The zero-order valence-corrected chi connectivity index (χ0v) is 14.9. The third kappa shape index (κ3) is 3.87. The first-order valence-corrected chi connectivity index (χ1v) is 9.05. The molecule has 3 rings (SSSR count). The highest BCUT2D eigenvalue weighted by Gasteiger charge is 2.21. The fourth-order valence-electron chi connectivity index (χ4n) is 2.37. The zero-order chi connectivity index (χ0) is 18.4. The summed E-state index contributed by atoms with van der Waals surface area (Å²) in [6.45, 7) is 0.142. The molecule has 0 aliphatic carbocycles. The summed E-state index contributed by atoms with van der Waals surface area (Å²) in [6, 6.07) is 20.8. The van der Waals surface area contributed by atoms with Gasteiger partial charge in [-0.3, -0.25) is 5.32 Å². The number of thioether (sulfide) groups is 1. The molecule has 2 aromatic carbocycles. The summed E-state index contributed by atoms with van der Waals surface area (Å²) in [5.74, 6) is 0.293. The molecule has 0 spiro atoms. The summed E-state index contributed by atoms with van der Waals surface area (Å²) in [5, 5.41) is 17.1. The van der Waals surface area contributed by atoms with E-state index in [2.05, 4.69) is 16.5 Å². The predicted octanol–water partition coefficient (Wildman–Crippen LogP) is 4.21. The number of aromatic nitrogens is 2. The molecule has 0 fully saturated rings. The van der Waals surface area contributed by atoms with E-state index in [1.165, 1.54) is 16.4 Å². The van der Waals surface area contributed by atoms with Crippen molar-refractivity contribution >= 4 is 23.7 Å². The molecule has 0 aliphatic rings. The van der Waals surface area contributed by atoms with Crippen LogP contribution < -0.4 is 5.32 Å². The highest BCUT2D eigenvalue weighted by Crippen LogP contribution is 2.28. The number of amides is 1. The van der Waals surface area contributed by atoms with Crippen molar-refractivity contribution in [3.05, 3.63) is 71.8 Å². The summed E-state index contributed by atoms with van der Waals surface area (Å²) in [7, 11) is 0. The Balaban J connectivity index is 1.85. The van der Waals surface area contributed by atoms with Crippen LogP contribution in [-0.4, -0.2) is 22.1 Å². The van der Waals surface area contributed by atoms with E-state index in [9.17, 15) is 10.1 Å². The first-order valence-electron chi connectivity index (χ1n) is 7.83. The van der Waals surface area contributed by atoms with Gasteiger partial charge in [0.2, 0.25) is 0 Å². The summed E-state index contributed by atoms with van der Waals surface area (Å²) in [4.78, 5) is 12.2. The number of nitriles is 1. The van der Waals surface area contributed by atoms with E-state index in [4.69, 9.17) is 4.74 Å². The quantitative estimate of drug-likeness (QED) is 0.686. The number of para-hydroxylation sites is 1. The van der Waals surface area contributed by atoms with E-state index in [-0.39, 0.29) is 6.61 Å². The number of ether oxygens (including phenoxy) is 1. The van der Waals surface area contributed by atoms with E-state index in [0.29, 0.717) is 16.4 Å². The number of hydrogen-bond acceptors (Lipinski definition) is 5. The lowest BCUT2D eigenvalue weighted by molar-refractivity contribution is 0.155. The smallest absolute Gasteiger partial charge is 0.413 e. The first-order chi connectivity index (χ1) is 12.7. The maximum absolute atomic E-state index is 12.2. The fraction of sp³-hybridized carbons (Fsp3) is 0.105. The van der Waals surface area contributed by atoms with E-state index in [0.717, 1.165) is 11.3 Å². The van der Waals surface area contributed by atoms with Crippen molar-refractivity contribution in [3.63, 3.8) is 0 Å². The summed E-state index contributed by atoms with van der Waals surface area (Å²) < 4.78 is 6.79. The van der Waals surface area contributed by atoms with Crippen LogP contribution in [0.4, 0.5) is 10.6 Å². The molecule has 0 radical (unpaired) electrons. The van der Waals surface area contributed by atoms with E-state index < -0.39 is 6.09 Å². The number of nitrogens with zero attached hydrogens (tertiary/aromatic N) is 3. The molecule has 1 N–H and O–H groups in total. The number of carbonyl (C=O) groups is 1. The van der Waals surface area contributed by atoms with Crippen LogP contribution in [0, 0.1) is 11.3 Å². The predicted molar refractivity (Wildman–Crippen MR) is 100 cm³/mol. The maximum Gasteiger partial charge on any atom is 0.413 e. The van der Waals surface area contributed by atoms with Crippen molar-refractivity contribution in [1.29, 1.82) is 5.26 Å². The molecule has 0 unspecified atom stereocenters. The molecule has 0 saturated carbocycles. The largest absolute Gasteiger partial charge is 0.444 e. The second kappa shape index (κ2) is 8.23. The van der Waals surface area contributed by atoms with Crippen LogP contribution >= 0.6 is 11.8 Å². The van der Waals surface area contributed by atoms with Gasteiger partial charge in [0.25, 0.3) is 0 Å². The minimum atomic E-state index is -0.643. The van der Waals surface area contributed by atoms with Crippen LogP contribution in [0.1, 0.15) is 11.1 Å². The molecule has 1 aromatic heterocycles. The fourth-order valence-corrected chi connectivity index (χ4v) is 2.88. The van der Waals surface area contributed by atoms with Crippen LogP contribution in [0.2, 0.25) is 0 Å². The number of carbonyl (C=O) groups excluding carboxylic acids is 1. The number of hydrogen-bond donors (Lipinski definition) is 1. The van der Waals surface area contributed by atoms with Gasteiger partial charge in [-0.15, -0.1) is 11.8 Å². The molecule has 26 heavy (non-hydrogen) atoms. The van der Waals surface area contributed by atoms with Gasteiger partial charge in [0.05, 0.1) is 5.69 Å². The van der Waals surface area contributed by atoms with Crippen LogP contribution in [0.3, 0.4) is 0 Å². The lowest BCUT2D eigenvalue weighted by Gasteiger charge is -2.10. The Labute approximate surface area is 155 Å². The molecular formula is C19H16N4O2S. The number of benzene rings is 2. The van der Waals surface area contributed by atoms with E-state index in [1.807, 2.05) is 66.9 Å². The average Bonchev–Trinajstić information content (AvgIpc) is 3.05. The normalized spacial score (nSPS) is 10.2. The average molecular weight is 364 g/mol. The van der Waals surface area contributed by atoms with E-state index >= 15 is 0 Å². The molecule has 1 heterocycles. The second-order valence-corrected chi connectivity index (χ2v) is 6.07. The molecule has 0 bridgehead atoms. The number of anilines is 1. The highest BCUT2D eigenvalue weighted by atomic mass is 32.2.